The van der Waals surface area contributed by atoms with Crippen LogP contribution in [0.1, 0.15) is 20.8 Å². The van der Waals surface area contributed by atoms with Gasteiger partial charge in [-0.15, -0.1) is 0 Å². The molecule has 1 heterocycles. The maximum atomic E-state index is 10.5. The Morgan fingerprint density at radius 1 is 1.70 bits per heavy atom. The van der Waals surface area contributed by atoms with Gasteiger partial charge in [0.15, 0.2) is 0 Å². The molecule has 0 unspecified atom stereocenters. The van der Waals surface area contributed by atoms with Crippen LogP contribution in [0.4, 0.5) is 0 Å². The highest BCUT2D eigenvalue weighted by Gasteiger charge is 2.13. The van der Waals surface area contributed by atoms with E-state index in [1.54, 1.807) is 6.92 Å². The maximum absolute atomic E-state index is 10.5. The van der Waals surface area contributed by atoms with Gasteiger partial charge in [0.2, 0.25) is 5.91 Å². The van der Waals surface area contributed by atoms with Crippen molar-refractivity contribution in [2.75, 3.05) is 13.1 Å². The topological polar surface area (TPSA) is 41.1 Å². The zero-order valence-corrected chi connectivity index (χ0v) is 5.61. The molecular formula is C7H16N2O. The second-order valence-corrected chi connectivity index (χ2v) is 2.39. The predicted molar refractivity (Wildman–Crippen MR) is 41.8 cm³/mol. The minimum absolute atomic E-state index is 0. The van der Waals surface area contributed by atoms with Crippen molar-refractivity contribution < 1.29 is 4.79 Å². The Morgan fingerprint density at radius 2 is 2.40 bits per heavy atom. The van der Waals surface area contributed by atoms with E-state index < -0.39 is 0 Å². The summed E-state index contributed by atoms with van der Waals surface area (Å²) in [4.78, 5) is 10.5. The molecule has 1 aliphatic rings. The van der Waals surface area contributed by atoms with E-state index in [2.05, 4.69) is 10.6 Å². The Kier molecular flexibility index (Phi) is 4.03. The number of amides is 1. The number of hydrogen-bond donors (Lipinski definition) is 2. The van der Waals surface area contributed by atoms with Gasteiger partial charge >= 0.3 is 0 Å². The number of nitrogens with one attached hydrogen (secondary N) is 2. The number of carbonyl (C=O) groups is 1. The fraction of sp³-hybridized carbons (Fsp3) is 0.857. The third-order valence-corrected chi connectivity index (χ3v) is 1.47. The smallest absolute Gasteiger partial charge is 0.217 e. The van der Waals surface area contributed by atoms with Gasteiger partial charge in [0.1, 0.15) is 0 Å². The van der Waals surface area contributed by atoms with Crippen molar-refractivity contribution in [2.24, 2.45) is 0 Å². The zero-order valence-electron chi connectivity index (χ0n) is 5.61. The second-order valence-electron chi connectivity index (χ2n) is 2.39. The lowest BCUT2D eigenvalue weighted by molar-refractivity contribution is -0.119. The van der Waals surface area contributed by atoms with Crippen LogP contribution in [0.15, 0.2) is 0 Å². The average Bonchev–Trinajstić information content (AvgIpc) is 2.15. The lowest BCUT2D eigenvalue weighted by atomic mass is 10.3. The normalized spacial score (nSPS) is 23.5. The number of rotatable bonds is 1. The first-order valence-corrected chi connectivity index (χ1v) is 3.27. The van der Waals surface area contributed by atoms with Gasteiger partial charge in [-0.25, -0.2) is 0 Å². The molecule has 60 valence electrons. The van der Waals surface area contributed by atoms with Crippen molar-refractivity contribution in [1.82, 2.24) is 10.6 Å². The van der Waals surface area contributed by atoms with E-state index in [0.717, 1.165) is 19.5 Å². The van der Waals surface area contributed by atoms with Gasteiger partial charge in [-0.05, 0) is 13.0 Å². The first-order chi connectivity index (χ1) is 4.29. The van der Waals surface area contributed by atoms with E-state index in [-0.39, 0.29) is 13.3 Å². The van der Waals surface area contributed by atoms with Crippen LogP contribution in [0, 0.1) is 0 Å². The van der Waals surface area contributed by atoms with Gasteiger partial charge in [0.25, 0.3) is 0 Å². The zero-order chi connectivity index (χ0) is 6.69. The summed E-state index contributed by atoms with van der Waals surface area (Å²) < 4.78 is 0. The Morgan fingerprint density at radius 3 is 2.80 bits per heavy atom. The third-order valence-electron chi connectivity index (χ3n) is 1.47. The molecule has 0 radical (unpaired) electrons. The molecule has 2 N–H and O–H groups in total. The summed E-state index contributed by atoms with van der Waals surface area (Å²) in [7, 11) is 0. The maximum Gasteiger partial charge on any atom is 0.217 e. The van der Waals surface area contributed by atoms with E-state index >= 15 is 0 Å². The van der Waals surface area contributed by atoms with Gasteiger partial charge in [-0.1, -0.05) is 7.43 Å². The summed E-state index contributed by atoms with van der Waals surface area (Å²) in [6, 6.07) is 0.377. The summed E-state index contributed by atoms with van der Waals surface area (Å²) >= 11 is 0. The summed E-state index contributed by atoms with van der Waals surface area (Å²) in [5.41, 5.74) is 0. The SMILES string of the molecule is C.CC(=O)N[C@@H]1CCNC1. The molecule has 0 bridgehead atoms. The molecule has 0 spiro atoms. The average molecular weight is 144 g/mol. The van der Waals surface area contributed by atoms with Crippen molar-refractivity contribution >= 4 is 5.91 Å². The summed E-state index contributed by atoms with van der Waals surface area (Å²) in [5.74, 6) is 0.0729. The molecule has 0 aromatic heterocycles. The van der Waals surface area contributed by atoms with E-state index in [1.165, 1.54) is 0 Å². The molecule has 1 aliphatic heterocycles. The Balaban J connectivity index is 0.000000810. The standard InChI is InChI=1S/C6H12N2O.CH4/c1-5(9)8-6-2-3-7-4-6;/h6-7H,2-4H2,1H3,(H,8,9);1H4/t6-;/m1./s1. The predicted octanol–water partition coefficient (Wildman–Crippen LogP) is 0.120. The molecule has 1 amide bonds. The van der Waals surface area contributed by atoms with Crippen molar-refractivity contribution in [2.45, 2.75) is 26.8 Å². The fourth-order valence-corrected chi connectivity index (χ4v) is 1.07. The molecule has 0 aliphatic carbocycles. The molecular weight excluding hydrogens is 128 g/mol. The van der Waals surface area contributed by atoms with Crippen LogP contribution < -0.4 is 10.6 Å². The quantitative estimate of drug-likeness (QED) is 0.549. The lowest BCUT2D eigenvalue weighted by Gasteiger charge is -2.07. The fourth-order valence-electron chi connectivity index (χ4n) is 1.07. The third kappa shape index (κ3) is 2.82. The number of carbonyl (C=O) groups excluding carboxylic acids is 1. The molecule has 10 heavy (non-hydrogen) atoms. The Hall–Kier alpha value is -0.570. The van der Waals surface area contributed by atoms with Crippen LogP contribution in [-0.2, 0) is 4.79 Å². The van der Waals surface area contributed by atoms with Crippen molar-refractivity contribution in [3.05, 3.63) is 0 Å². The lowest BCUT2D eigenvalue weighted by Crippen LogP contribution is -2.34. The molecule has 1 atom stereocenters. The van der Waals surface area contributed by atoms with Crippen LogP contribution in [0.3, 0.4) is 0 Å². The van der Waals surface area contributed by atoms with Crippen molar-refractivity contribution in [1.29, 1.82) is 0 Å². The van der Waals surface area contributed by atoms with Crippen LogP contribution in [0.5, 0.6) is 0 Å². The van der Waals surface area contributed by atoms with Crippen molar-refractivity contribution in [3.8, 4) is 0 Å². The molecule has 0 aromatic rings. The van der Waals surface area contributed by atoms with Crippen LogP contribution in [-0.4, -0.2) is 25.0 Å². The second kappa shape index (κ2) is 4.28. The minimum Gasteiger partial charge on any atom is -0.352 e. The largest absolute Gasteiger partial charge is 0.352 e. The summed E-state index contributed by atoms with van der Waals surface area (Å²) in [6.07, 6.45) is 1.07. The highest BCUT2D eigenvalue weighted by atomic mass is 16.1. The summed E-state index contributed by atoms with van der Waals surface area (Å²) in [5, 5.41) is 6.00. The first-order valence-electron chi connectivity index (χ1n) is 3.27. The Bertz CT molecular complexity index is 108. The van der Waals surface area contributed by atoms with Gasteiger partial charge < -0.3 is 10.6 Å². The molecule has 1 rings (SSSR count). The van der Waals surface area contributed by atoms with E-state index in [9.17, 15) is 4.79 Å². The molecule has 3 nitrogen and oxygen atoms in total. The molecule has 1 fully saturated rings. The van der Waals surface area contributed by atoms with E-state index in [0.29, 0.717) is 6.04 Å². The highest BCUT2D eigenvalue weighted by molar-refractivity contribution is 5.73. The van der Waals surface area contributed by atoms with Gasteiger partial charge in [0, 0.05) is 19.5 Å². The minimum atomic E-state index is 0. The monoisotopic (exact) mass is 144 g/mol. The highest BCUT2D eigenvalue weighted by Crippen LogP contribution is 1.95. The Labute approximate surface area is 62.2 Å². The van der Waals surface area contributed by atoms with Gasteiger partial charge in [-0.3, -0.25) is 4.79 Å². The summed E-state index contributed by atoms with van der Waals surface area (Å²) in [6.45, 7) is 3.52. The van der Waals surface area contributed by atoms with Crippen LogP contribution >= 0.6 is 0 Å². The van der Waals surface area contributed by atoms with Gasteiger partial charge in [0.05, 0.1) is 0 Å². The van der Waals surface area contributed by atoms with E-state index in [4.69, 9.17) is 0 Å². The van der Waals surface area contributed by atoms with Crippen LogP contribution in [0.2, 0.25) is 0 Å². The van der Waals surface area contributed by atoms with E-state index in [1.807, 2.05) is 0 Å². The van der Waals surface area contributed by atoms with Crippen LogP contribution in [0.25, 0.3) is 0 Å². The molecule has 3 heteroatoms. The van der Waals surface area contributed by atoms with Crippen molar-refractivity contribution in [3.63, 3.8) is 0 Å². The number of hydrogen-bond acceptors (Lipinski definition) is 2. The molecule has 1 saturated heterocycles. The molecule has 0 aromatic carbocycles. The van der Waals surface area contributed by atoms with Gasteiger partial charge in [-0.2, -0.15) is 0 Å². The molecule has 0 saturated carbocycles. The first kappa shape index (κ1) is 9.43.